The molecule has 1 fully saturated rings. The molecule has 0 bridgehead atoms. The third-order valence-corrected chi connectivity index (χ3v) is 4.78. The molecule has 0 radical (unpaired) electrons. The van der Waals surface area contributed by atoms with Gasteiger partial charge in [0.25, 0.3) is 0 Å². The van der Waals surface area contributed by atoms with E-state index in [-0.39, 0.29) is 0 Å². The molecule has 0 heterocycles. The first kappa shape index (κ1) is 14.3. The summed E-state index contributed by atoms with van der Waals surface area (Å²) in [7, 11) is 2.12. The molecule has 1 heteroatoms. The normalized spacial score (nSPS) is 22.0. The first-order valence-electron chi connectivity index (χ1n) is 8.14. The topological polar surface area (TPSA) is 12.0 Å². The minimum Gasteiger partial charge on any atom is -0.317 e. The highest BCUT2D eigenvalue weighted by Crippen LogP contribution is 2.50. The Hall–Kier alpha value is -1.60. The highest BCUT2D eigenvalue weighted by Gasteiger charge is 2.42. The van der Waals surface area contributed by atoms with E-state index < -0.39 is 0 Å². The zero-order chi connectivity index (χ0) is 14.5. The van der Waals surface area contributed by atoms with Gasteiger partial charge in [-0.3, -0.25) is 0 Å². The highest BCUT2D eigenvalue weighted by atomic mass is 14.9. The summed E-state index contributed by atoms with van der Waals surface area (Å²) in [6.07, 6.45) is 5.09. The first-order chi connectivity index (χ1) is 10.4. The van der Waals surface area contributed by atoms with E-state index in [2.05, 4.69) is 73.0 Å². The molecule has 2 aromatic rings. The van der Waals surface area contributed by atoms with Crippen LogP contribution in [0.15, 0.2) is 60.7 Å². The van der Waals surface area contributed by atoms with Crippen LogP contribution in [-0.2, 0) is 6.42 Å². The molecule has 1 nitrogen and oxygen atoms in total. The molecule has 2 aromatic carbocycles. The molecular formula is C20H25N. The lowest BCUT2D eigenvalue weighted by molar-refractivity contribution is 0.449. The van der Waals surface area contributed by atoms with Crippen molar-refractivity contribution in [2.45, 2.75) is 37.6 Å². The number of rotatable bonds is 7. The van der Waals surface area contributed by atoms with Gasteiger partial charge < -0.3 is 5.32 Å². The van der Waals surface area contributed by atoms with Crippen molar-refractivity contribution in [3.8, 4) is 0 Å². The highest BCUT2D eigenvalue weighted by molar-refractivity contribution is 5.26. The van der Waals surface area contributed by atoms with Crippen LogP contribution in [0.5, 0.6) is 0 Å². The summed E-state index contributed by atoms with van der Waals surface area (Å²) in [6.45, 7) is 0. The second kappa shape index (κ2) is 6.91. The van der Waals surface area contributed by atoms with Crippen LogP contribution < -0.4 is 5.32 Å². The minimum atomic E-state index is 0.666. The number of hydrogen-bond acceptors (Lipinski definition) is 1. The number of aryl methyl sites for hydroxylation is 1. The van der Waals surface area contributed by atoms with E-state index in [1.807, 2.05) is 0 Å². The molecule has 1 aliphatic carbocycles. The van der Waals surface area contributed by atoms with Gasteiger partial charge in [-0.25, -0.2) is 0 Å². The lowest BCUT2D eigenvalue weighted by Gasteiger charge is -2.16. The summed E-state index contributed by atoms with van der Waals surface area (Å²) in [5.74, 6) is 1.61. The van der Waals surface area contributed by atoms with Crippen molar-refractivity contribution in [2.24, 2.45) is 5.92 Å². The van der Waals surface area contributed by atoms with E-state index in [9.17, 15) is 0 Å². The maximum absolute atomic E-state index is 3.55. The summed E-state index contributed by atoms with van der Waals surface area (Å²) in [5, 5.41) is 3.55. The SMILES string of the molecule is CNC(CCCc1ccccc1)C1CC1c1ccccc1. The molecule has 0 aromatic heterocycles. The molecule has 0 saturated heterocycles. The molecule has 0 aliphatic heterocycles. The van der Waals surface area contributed by atoms with Crippen LogP contribution in [0.3, 0.4) is 0 Å². The maximum atomic E-state index is 3.55. The van der Waals surface area contributed by atoms with Crippen molar-refractivity contribution in [1.82, 2.24) is 5.32 Å². The van der Waals surface area contributed by atoms with E-state index in [1.54, 1.807) is 0 Å². The molecule has 1 N–H and O–H groups in total. The van der Waals surface area contributed by atoms with Gasteiger partial charge >= 0.3 is 0 Å². The van der Waals surface area contributed by atoms with E-state index >= 15 is 0 Å². The molecule has 3 rings (SSSR count). The Kier molecular flexibility index (Phi) is 4.72. The van der Waals surface area contributed by atoms with Crippen molar-refractivity contribution >= 4 is 0 Å². The van der Waals surface area contributed by atoms with Crippen LogP contribution in [0.2, 0.25) is 0 Å². The third-order valence-electron chi connectivity index (χ3n) is 4.78. The van der Waals surface area contributed by atoms with Crippen LogP contribution in [0.1, 0.15) is 36.3 Å². The largest absolute Gasteiger partial charge is 0.317 e. The Morgan fingerprint density at radius 2 is 1.67 bits per heavy atom. The van der Waals surface area contributed by atoms with Crippen LogP contribution in [0.4, 0.5) is 0 Å². The van der Waals surface area contributed by atoms with Crippen LogP contribution in [0.25, 0.3) is 0 Å². The quantitative estimate of drug-likeness (QED) is 0.792. The summed E-state index contributed by atoms with van der Waals surface area (Å²) in [6, 6.07) is 22.5. The lowest BCUT2D eigenvalue weighted by atomic mass is 9.99. The second-order valence-electron chi connectivity index (χ2n) is 6.19. The van der Waals surface area contributed by atoms with E-state index in [0.29, 0.717) is 6.04 Å². The van der Waals surface area contributed by atoms with Gasteiger partial charge in [0, 0.05) is 6.04 Å². The number of benzene rings is 2. The predicted molar refractivity (Wildman–Crippen MR) is 89.5 cm³/mol. The van der Waals surface area contributed by atoms with Gasteiger partial charge in [-0.1, -0.05) is 60.7 Å². The van der Waals surface area contributed by atoms with Crippen molar-refractivity contribution in [3.63, 3.8) is 0 Å². The average molecular weight is 279 g/mol. The molecule has 110 valence electrons. The second-order valence-corrected chi connectivity index (χ2v) is 6.19. The van der Waals surface area contributed by atoms with Crippen LogP contribution in [0, 0.1) is 5.92 Å². The Morgan fingerprint density at radius 1 is 1.00 bits per heavy atom. The van der Waals surface area contributed by atoms with E-state index in [1.165, 1.54) is 36.8 Å². The van der Waals surface area contributed by atoms with Gasteiger partial charge in [0.05, 0.1) is 0 Å². The molecule has 3 unspecified atom stereocenters. The third kappa shape index (κ3) is 3.74. The maximum Gasteiger partial charge on any atom is 0.00985 e. The summed E-state index contributed by atoms with van der Waals surface area (Å²) in [4.78, 5) is 0. The Bertz CT molecular complexity index is 534. The zero-order valence-electron chi connectivity index (χ0n) is 12.8. The van der Waals surface area contributed by atoms with Crippen molar-refractivity contribution in [1.29, 1.82) is 0 Å². The first-order valence-corrected chi connectivity index (χ1v) is 8.14. The van der Waals surface area contributed by atoms with Crippen LogP contribution >= 0.6 is 0 Å². The van der Waals surface area contributed by atoms with Crippen molar-refractivity contribution in [2.75, 3.05) is 7.05 Å². The standard InChI is InChI=1S/C20H25N/c1-21-20(14-8-11-16-9-4-2-5-10-16)19-15-18(19)17-12-6-3-7-13-17/h2-7,9-10,12-13,18-21H,8,11,14-15H2,1H3. The summed E-state index contributed by atoms with van der Waals surface area (Å²) < 4.78 is 0. The Morgan fingerprint density at radius 3 is 2.33 bits per heavy atom. The fraction of sp³-hybridized carbons (Fsp3) is 0.400. The van der Waals surface area contributed by atoms with Gasteiger partial charge in [-0.05, 0) is 55.7 Å². The molecular weight excluding hydrogens is 254 g/mol. The fourth-order valence-electron chi connectivity index (χ4n) is 3.49. The Balaban J connectivity index is 1.48. The lowest BCUT2D eigenvalue weighted by Crippen LogP contribution is -2.28. The van der Waals surface area contributed by atoms with Gasteiger partial charge in [-0.2, -0.15) is 0 Å². The summed E-state index contributed by atoms with van der Waals surface area (Å²) >= 11 is 0. The van der Waals surface area contributed by atoms with Crippen molar-refractivity contribution in [3.05, 3.63) is 71.8 Å². The molecule has 0 spiro atoms. The zero-order valence-corrected chi connectivity index (χ0v) is 12.8. The molecule has 21 heavy (non-hydrogen) atoms. The van der Waals surface area contributed by atoms with Crippen LogP contribution in [-0.4, -0.2) is 13.1 Å². The minimum absolute atomic E-state index is 0.666. The number of nitrogens with one attached hydrogen (secondary N) is 1. The molecule has 0 amide bonds. The monoisotopic (exact) mass is 279 g/mol. The predicted octanol–water partition coefficient (Wildman–Crippen LogP) is 4.40. The van der Waals surface area contributed by atoms with Crippen molar-refractivity contribution < 1.29 is 0 Å². The molecule has 3 atom stereocenters. The van der Waals surface area contributed by atoms with Gasteiger partial charge in [-0.15, -0.1) is 0 Å². The smallest absolute Gasteiger partial charge is 0.00985 e. The van der Waals surface area contributed by atoms with Gasteiger partial charge in [0.1, 0.15) is 0 Å². The van der Waals surface area contributed by atoms with Gasteiger partial charge in [0.2, 0.25) is 0 Å². The van der Waals surface area contributed by atoms with E-state index in [4.69, 9.17) is 0 Å². The van der Waals surface area contributed by atoms with Gasteiger partial charge in [0.15, 0.2) is 0 Å². The number of hydrogen-bond donors (Lipinski definition) is 1. The fourth-order valence-corrected chi connectivity index (χ4v) is 3.49. The summed E-state index contributed by atoms with van der Waals surface area (Å²) in [5.41, 5.74) is 2.98. The van der Waals surface area contributed by atoms with E-state index in [0.717, 1.165) is 11.8 Å². The molecule has 1 aliphatic rings. The average Bonchev–Trinajstić information content (AvgIpc) is 3.34. The Labute approximate surface area is 128 Å². The molecule has 1 saturated carbocycles.